The van der Waals surface area contributed by atoms with Crippen LogP contribution in [0.25, 0.3) is 21.5 Å². The number of halogens is 1. The van der Waals surface area contributed by atoms with Crippen LogP contribution in [-0.4, -0.2) is 25.0 Å². The summed E-state index contributed by atoms with van der Waals surface area (Å²) in [4.78, 5) is 8.33. The van der Waals surface area contributed by atoms with E-state index >= 15 is 4.39 Å². The number of hydrogen-bond acceptors (Lipinski definition) is 5. The third kappa shape index (κ3) is 5.14. The first-order chi connectivity index (χ1) is 20.8. The summed E-state index contributed by atoms with van der Waals surface area (Å²) in [6.07, 6.45) is 7.87. The molecule has 43 heavy (non-hydrogen) atoms. The molecule has 6 nitrogen and oxygen atoms in total. The second kappa shape index (κ2) is 10.8. The van der Waals surface area contributed by atoms with Crippen molar-refractivity contribution < 1.29 is 9.13 Å². The van der Waals surface area contributed by atoms with Gasteiger partial charge in [-0.15, -0.1) is 16.4 Å². The van der Waals surface area contributed by atoms with Gasteiger partial charge in [0, 0.05) is 56.7 Å². The number of ether oxygens (including phenoxy) is 1. The van der Waals surface area contributed by atoms with Crippen LogP contribution in [0.4, 0.5) is 4.39 Å². The van der Waals surface area contributed by atoms with Crippen LogP contribution in [0.15, 0.2) is 84.5 Å². The van der Waals surface area contributed by atoms with Crippen LogP contribution in [-0.2, 0) is 17.4 Å². The maximum Gasteiger partial charge on any atom is 0.168 e. The molecule has 1 aliphatic heterocycles. The summed E-state index contributed by atoms with van der Waals surface area (Å²) in [5.41, 5.74) is 5.23. The van der Waals surface area contributed by atoms with Gasteiger partial charge in [-0.25, -0.2) is 14.1 Å². The van der Waals surface area contributed by atoms with Crippen molar-refractivity contribution in [1.82, 2.24) is 25.0 Å². The highest BCUT2D eigenvalue weighted by Crippen LogP contribution is 2.41. The van der Waals surface area contributed by atoms with Crippen LogP contribution < -0.4 is 4.74 Å². The first-order valence-electron chi connectivity index (χ1n) is 14.8. The van der Waals surface area contributed by atoms with Crippen molar-refractivity contribution in [1.29, 1.82) is 0 Å². The summed E-state index contributed by atoms with van der Waals surface area (Å²) in [7, 11) is 0. The molecule has 4 heterocycles. The minimum Gasteiger partial charge on any atom is -0.454 e. The second-order valence-corrected chi connectivity index (χ2v) is 13.2. The van der Waals surface area contributed by atoms with E-state index in [0.29, 0.717) is 23.4 Å². The van der Waals surface area contributed by atoms with Crippen LogP contribution in [0.3, 0.4) is 0 Å². The maximum absolute atomic E-state index is 15.7. The average molecular weight is 592 g/mol. The summed E-state index contributed by atoms with van der Waals surface area (Å²) in [5, 5.41) is 13.0. The van der Waals surface area contributed by atoms with Crippen molar-refractivity contribution in [2.75, 3.05) is 0 Å². The fourth-order valence-electron chi connectivity index (χ4n) is 6.21. The van der Waals surface area contributed by atoms with Crippen LogP contribution in [0.5, 0.6) is 11.5 Å². The Kier molecular flexibility index (Phi) is 6.89. The molecule has 0 saturated carbocycles. The molecule has 6 bridgehead atoms. The Balaban J connectivity index is 1.36. The largest absolute Gasteiger partial charge is 0.454 e. The number of fused-ring (bicyclic) bond motifs is 10. The number of nitrogens with zero attached hydrogens (tertiary/aromatic N) is 4. The Bertz CT molecular complexity index is 1910. The van der Waals surface area contributed by atoms with E-state index in [1.807, 2.05) is 42.7 Å². The van der Waals surface area contributed by atoms with Gasteiger partial charge in [0.15, 0.2) is 11.6 Å². The molecule has 3 aromatic heterocycles. The number of nitrogens with one attached hydrogen (secondary N) is 1. The van der Waals surface area contributed by atoms with E-state index in [-0.39, 0.29) is 16.6 Å². The molecule has 0 saturated heterocycles. The van der Waals surface area contributed by atoms with Crippen LogP contribution >= 0.6 is 11.3 Å². The number of benzene rings is 3. The van der Waals surface area contributed by atoms with E-state index in [2.05, 4.69) is 71.8 Å². The van der Waals surface area contributed by atoms with Crippen molar-refractivity contribution in [3.8, 4) is 22.1 Å². The lowest BCUT2D eigenvalue weighted by atomic mass is 9.75. The number of aromatic amines is 1. The zero-order chi connectivity index (χ0) is 29.6. The molecule has 0 amide bonds. The molecule has 1 aliphatic rings. The van der Waals surface area contributed by atoms with Gasteiger partial charge in [0.2, 0.25) is 0 Å². The molecule has 0 spiro atoms. The van der Waals surface area contributed by atoms with E-state index in [1.165, 1.54) is 11.6 Å². The molecule has 1 N–H and O–H groups in total. The molecule has 3 aromatic carbocycles. The minimum atomic E-state index is -0.433. The molecule has 1 atom stereocenters. The highest BCUT2D eigenvalue weighted by atomic mass is 32.1. The van der Waals surface area contributed by atoms with Crippen LogP contribution in [0.2, 0.25) is 0 Å². The van der Waals surface area contributed by atoms with E-state index < -0.39 is 5.82 Å². The number of H-pyrrole nitrogens is 1. The van der Waals surface area contributed by atoms with Gasteiger partial charge in [0.25, 0.3) is 0 Å². The third-order valence-electron chi connectivity index (χ3n) is 8.93. The Morgan fingerprint density at radius 2 is 1.79 bits per heavy atom. The van der Waals surface area contributed by atoms with Gasteiger partial charge in [0.1, 0.15) is 10.8 Å². The van der Waals surface area contributed by atoms with Gasteiger partial charge < -0.3 is 9.72 Å². The first-order valence-corrected chi connectivity index (χ1v) is 15.7. The van der Waals surface area contributed by atoms with Crippen molar-refractivity contribution in [2.24, 2.45) is 0 Å². The highest BCUT2D eigenvalue weighted by molar-refractivity contribution is 7.13. The van der Waals surface area contributed by atoms with Crippen LogP contribution in [0, 0.1) is 5.82 Å². The summed E-state index contributed by atoms with van der Waals surface area (Å²) in [5.74, 6) is 0.306. The molecule has 0 fully saturated rings. The highest BCUT2D eigenvalue weighted by Gasteiger charge is 2.32. The number of thiazole rings is 1. The lowest BCUT2D eigenvalue weighted by Crippen LogP contribution is -2.25. The predicted molar refractivity (Wildman–Crippen MR) is 169 cm³/mol. The fourth-order valence-corrected chi connectivity index (χ4v) is 7.16. The molecule has 0 radical (unpaired) electrons. The van der Waals surface area contributed by atoms with Gasteiger partial charge in [-0.2, -0.15) is 0 Å². The van der Waals surface area contributed by atoms with Gasteiger partial charge >= 0.3 is 0 Å². The monoisotopic (exact) mass is 591 g/mol. The molecule has 0 aliphatic carbocycles. The summed E-state index contributed by atoms with van der Waals surface area (Å²) in [6.45, 7) is 7.08. The predicted octanol–water partition coefficient (Wildman–Crippen LogP) is 9.02. The summed E-state index contributed by atoms with van der Waals surface area (Å²) >= 11 is 1.63. The Morgan fingerprint density at radius 3 is 2.65 bits per heavy atom. The van der Waals surface area contributed by atoms with Crippen molar-refractivity contribution >= 4 is 22.2 Å². The number of rotatable bonds is 1. The van der Waals surface area contributed by atoms with Gasteiger partial charge in [-0.3, -0.25) is 0 Å². The quantitative estimate of drug-likeness (QED) is 0.207. The zero-order valence-corrected chi connectivity index (χ0v) is 25.4. The molecule has 6 aromatic rings. The second-order valence-electron chi connectivity index (χ2n) is 12.4. The normalized spacial score (nSPS) is 18.7. The number of aromatic nitrogens is 5. The van der Waals surface area contributed by atoms with E-state index in [0.717, 1.165) is 53.0 Å². The molecule has 8 heteroatoms. The van der Waals surface area contributed by atoms with Crippen LogP contribution in [0.1, 0.15) is 69.0 Å². The summed E-state index contributed by atoms with van der Waals surface area (Å²) in [6, 6.07) is 21.9. The van der Waals surface area contributed by atoms with E-state index in [9.17, 15) is 0 Å². The topological polar surface area (TPSA) is 68.6 Å². The molecular weight excluding hydrogens is 557 g/mol. The summed E-state index contributed by atoms with van der Waals surface area (Å²) < 4.78 is 23.8. The van der Waals surface area contributed by atoms with Gasteiger partial charge in [-0.05, 0) is 43.5 Å². The molecule has 218 valence electrons. The Hall–Kier alpha value is -4.30. The average Bonchev–Trinajstić information content (AvgIpc) is 3.79. The Morgan fingerprint density at radius 1 is 0.953 bits per heavy atom. The van der Waals surface area contributed by atoms with Crippen molar-refractivity contribution in [2.45, 2.75) is 63.8 Å². The maximum atomic E-state index is 15.7. The Labute approximate surface area is 254 Å². The van der Waals surface area contributed by atoms with Gasteiger partial charge in [0.05, 0.1) is 17.9 Å². The first kappa shape index (κ1) is 27.5. The lowest BCUT2D eigenvalue weighted by Gasteiger charge is -2.29. The van der Waals surface area contributed by atoms with Crippen molar-refractivity contribution in [3.05, 3.63) is 113 Å². The van der Waals surface area contributed by atoms with E-state index in [1.54, 1.807) is 16.0 Å². The molecule has 7 rings (SSSR count). The molecular formula is C35H34FN5OS. The minimum absolute atomic E-state index is 0.165. The van der Waals surface area contributed by atoms with E-state index in [4.69, 9.17) is 9.72 Å². The van der Waals surface area contributed by atoms with Crippen molar-refractivity contribution in [3.63, 3.8) is 0 Å². The fraction of sp³-hybridized carbons (Fsp3) is 0.286. The number of hydrogen-bond donors (Lipinski definition) is 1. The lowest BCUT2D eigenvalue weighted by molar-refractivity contribution is 0.407. The SMILES string of the molecule is CC1(C)CCCCC(C)(c2ccccc2)c2csc(n2)-c2cccc(c2)Oc2c(F)cc3[nH]ccc3c2Cn2cc1nn2. The molecule has 1 unspecified atom stereocenters. The standard InChI is InChI=1S/C35H34FN5OS/c1-34(2)15-7-8-16-35(3,24-11-5-4-6-12-24)31-22-43-33(38-31)23-10-9-13-25(18-23)42-32-27(20-41-21-30(34)39-40-41)26-14-17-37-29(26)19-28(32)36/h4-6,9-14,17-19,21-22,37H,7-8,15-16,20H2,1-3H3. The smallest absolute Gasteiger partial charge is 0.168 e. The zero-order valence-electron chi connectivity index (χ0n) is 24.6. The third-order valence-corrected chi connectivity index (χ3v) is 9.82. The van der Waals surface area contributed by atoms with Gasteiger partial charge in [-0.1, -0.05) is 74.4 Å².